The van der Waals surface area contributed by atoms with E-state index in [9.17, 15) is 9.59 Å². The summed E-state index contributed by atoms with van der Waals surface area (Å²) < 4.78 is 17.3. The summed E-state index contributed by atoms with van der Waals surface area (Å²) in [5.74, 6) is 0.197. The van der Waals surface area contributed by atoms with Crippen molar-refractivity contribution in [2.45, 2.75) is 46.6 Å². The number of ether oxygens (including phenoxy) is 2. The number of benzene rings is 3. The molecule has 1 aromatic heterocycles. The van der Waals surface area contributed by atoms with Crippen molar-refractivity contribution in [3.05, 3.63) is 99.2 Å². The molecule has 0 atom stereocenters. The molecule has 4 rings (SSSR count). The molecule has 1 heterocycles. The summed E-state index contributed by atoms with van der Waals surface area (Å²) in [4.78, 5) is 25.4. The van der Waals surface area contributed by atoms with Crippen LogP contribution in [0.3, 0.4) is 0 Å². The molecule has 0 unspecified atom stereocenters. The number of fused-ring (bicyclic) bond motifs is 1. The quantitative estimate of drug-likeness (QED) is 0.289. The standard InChI is InChI=1S/C30H30O5/c1-6-33-29(32)22-10-8-20(9-11-22)18-34-28-26(31)24-16-7-19(2)17-25(24)35-27(28)21-12-14-23(15-13-21)30(3,4)5/h7-17H,6,18H2,1-5H3. The summed E-state index contributed by atoms with van der Waals surface area (Å²) in [5, 5.41) is 0.471. The maximum atomic E-state index is 13.5. The van der Waals surface area contributed by atoms with E-state index in [0.29, 0.717) is 28.9 Å². The molecule has 4 aromatic rings. The highest BCUT2D eigenvalue weighted by molar-refractivity contribution is 5.89. The van der Waals surface area contributed by atoms with Crippen LogP contribution >= 0.6 is 0 Å². The Balaban J connectivity index is 1.72. The fourth-order valence-electron chi connectivity index (χ4n) is 3.83. The van der Waals surface area contributed by atoms with Crippen molar-refractivity contribution in [2.75, 3.05) is 6.61 Å². The number of aryl methyl sites for hydroxylation is 1. The van der Waals surface area contributed by atoms with E-state index in [-0.39, 0.29) is 29.2 Å². The number of hydrogen-bond donors (Lipinski definition) is 0. The molecule has 5 nitrogen and oxygen atoms in total. The van der Waals surface area contributed by atoms with Crippen LogP contribution in [-0.4, -0.2) is 12.6 Å². The fraction of sp³-hybridized carbons (Fsp3) is 0.267. The molecular weight excluding hydrogens is 440 g/mol. The van der Waals surface area contributed by atoms with E-state index in [0.717, 1.165) is 16.7 Å². The summed E-state index contributed by atoms with van der Waals surface area (Å²) in [6, 6.07) is 20.5. The van der Waals surface area contributed by atoms with Crippen molar-refractivity contribution >= 4 is 16.9 Å². The molecule has 180 valence electrons. The van der Waals surface area contributed by atoms with Crippen LogP contribution in [0.4, 0.5) is 0 Å². The lowest BCUT2D eigenvalue weighted by molar-refractivity contribution is 0.0526. The summed E-state index contributed by atoms with van der Waals surface area (Å²) in [6.07, 6.45) is 0. The molecule has 35 heavy (non-hydrogen) atoms. The maximum absolute atomic E-state index is 13.5. The monoisotopic (exact) mass is 470 g/mol. The van der Waals surface area contributed by atoms with Crippen LogP contribution in [-0.2, 0) is 16.8 Å². The van der Waals surface area contributed by atoms with Gasteiger partial charge in [0.05, 0.1) is 17.6 Å². The highest BCUT2D eigenvalue weighted by Gasteiger charge is 2.20. The maximum Gasteiger partial charge on any atom is 0.338 e. The van der Waals surface area contributed by atoms with Gasteiger partial charge in [-0.3, -0.25) is 4.79 Å². The third kappa shape index (κ3) is 5.29. The average Bonchev–Trinajstić information content (AvgIpc) is 2.83. The van der Waals surface area contributed by atoms with Crippen LogP contribution in [0.2, 0.25) is 0 Å². The average molecular weight is 471 g/mol. The SMILES string of the molecule is CCOC(=O)c1ccc(COc2c(-c3ccc(C(C)(C)C)cc3)oc3cc(C)ccc3c2=O)cc1. The van der Waals surface area contributed by atoms with Crippen LogP contribution in [0.25, 0.3) is 22.3 Å². The van der Waals surface area contributed by atoms with Gasteiger partial charge in [-0.15, -0.1) is 0 Å². The first-order chi connectivity index (χ1) is 16.7. The minimum atomic E-state index is -0.369. The Labute approximate surface area is 205 Å². The van der Waals surface area contributed by atoms with Crippen molar-refractivity contribution in [3.63, 3.8) is 0 Å². The molecule has 0 aliphatic heterocycles. The molecule has 0 aliphatic carbocycles. The van der Waals surface area contributed by atoms with E-state index in [1.54, 1.807) is 37.3 Å². The Kier molecular flexibility index (Phi) is 6.79. The van der Waals surface area contributed by atoms with Crippen LogP contribution in [0.1, 0.15) is 54.7 Å². The van der Waals surface area contributed by atoms with Gasteiger partial charge in [0.25, 0.3) is 0 Å². The molecule has 5 heteroatoms. The summed E-state index contributed by atoms with van der Waals surface area (Å²) in [6.45, 7) is 10.7. The van der Waals surface area contributed by atoms with Gasteiger partial charge in [0.2, 0.25) is 11.2 Å². The molecule has 0 saturated carbocycles. The number of rotatable bonds is 6. The Bertz CT molecular complexity index is 1410. The predicted molar refractivity (Wildman–Crippen MR) is 138 cm³/mol. The minimum Gasteiger partial charge on any atom is -0.481 e. The van der Waals surface area contributed by atoms with Gasteiger partial charge in [0.1, 0.15) is 12.2 Å². The number of carbonyl (C=O) groups is 1. The Morgan fingerprint density at radius 2 is 1.63 bits per heavy atom. The van der Waals surface area contributed by atoms with E-state index in [1.807, 2.05) is 43.3 Å². The Hall–Kier alpha value is -3.86. The van der Waals surface area contributed by atoms with Crippen molar-refractivity contribution in [1.29, 1.82) is 0 Å². The zero-order chi connectivity index (χ0) is 25.2. The van der Waals surface area contributed by atoms with E-state index in [2.05, 4.69) is 20.8 Å². The van der Waals surface area contributed by atoms with Gasteiger partial charge in [-0.2, -0.15) is 0 Å². The molecule has 0 fully saturated rings. The third-order valence-electron chi connectivity index (χ3n) is 5.87. The van der Waals surface area contributed by atoms with Gasteiger partial charge in [-0.25, -0.2) is 4.79 Å². The van der Waals surface area contributed by atoms with Gasteiger partial charge >= 0.3 is 5.97 Å². The molecule has 0 bridgehead atoms. The molecular formula is C30H30O5. The lowest BCUT2D eigenvalue weighted by Gasteiger charge is -2.19. The highest BCUT2D eigenvalue weighted by Crippen LogP contribution is 2.33. The zero-order valence-electron chi connectivity index (χ0n) is 20.8. The second-order valence-corrected chi connectivity index (χ2v) is 9.62. The largest absolute Gasteiger partial charge is 0.481 e. The van der Waals surface area contributed by atoms with E-state index in [4.69, 9.17) is 13.9 Å². The Morgan fingerprint density at radius 3 is 2.26 bits per heavy atom. The second kappa shape index (κ2) is 9.79. The summed E-state index contributed by atoms with van der Waals surface area (Å²) in [7, 11) is 0. The van der Waals surface area contributed by atoms with Crippen LogP contribution < -0.4 is 10.2 Å². The van der Waals surface area contributed by atoms with Crippen molar-refractivity contribution in [1.82, 2.24) is 0 Å². The molecule has 0 spiro atoms. The minimum absolute atomic E-state index is 0.00884. The predicted octanol–water partition coefficient (Wildman–Crippen LogP) is 6.82. The van der Waals surface area contributed by atoms with Gasteiger partial charge in [-0.05, 0) is 60.2 Å². The van der Waals surface area contributed by atoms with E-state index < -0.39 is 0 Å². The van der Waals surface area contributed by atoms with Crippen LogP contribution in [0.15, 0.2) is 75.9 Å². The van der Waals surface area contributed by atoms with Crippen molar-refractivity contribution in [2.24, 2.45) is 0 Å². The number of carbonyl (C=O) groups excluding carboxylic acids is 1. The first-order valence-corrected chi connectivity index (χ1v) is 11.7. The topological polar surface area (TPSA) is 65.7 Å². The fourth-order valence-corrected chi connectivity index (χ4v) is 3.83. The van der Waals surface area contributed by atoms with Crippen molar-refractivity contribution < 1.29 is 18.7 Å². The smallest absolute Gasteiger partial charge is 0.338 e. The summed E-state index contributed by atoms with van der Waals surface area (Å²) in [5.41, 5.74) is 4.56. The van der Waals surface area contributed by atoms with Gasteiger partial charge in [0, 0.05) is 5.56 Å². The molecule has 0 aliphatic rings. The lowest BCUT2D eigenvalue weighted by Crippen LogP contribution is -2.12. The first-order valence-electron chi connectivity index (χ1n) is 11.7. The van der Waals surface area contributed by atoms with Gasteiger partial charge in [0.15, 0.2) is 5.76 Å². The van der Waals surface area contributed by atoms with E-state index >= 15 is 0 Å². The normalized spacial score (nSPS) is 11.5. The third-order valence-corrected chi connectivity index (χ3v) is 5.87. The van der Waals surface area contributed by atoms with Crippen LogP contribution in [0, 0.1) is 6.92 Å². The number of esters is 1. The van der Waals surface area contributed by atoms with Crippen molar-refractivity contribution in [3.8, 4) is 17.1 Å². The second-order valence-electron chi connectivity index (χ2n) is 9.62. The van der Waals surface area contributed by atoms with Crippen LogP contribution in [0.5, 0.6) is 5.75 Å². The van der Waals surface area contributed by atoms with Gasteiger partial charge < -0.3 is 13.9 Å². The van der Waals surface area contributed by atoms with Gasteiger partial charge in [-0.1, -0.05) is 63.2 Å². The van der Waals surface area contributed by atoms with E-state index in [1.165, 1.54) is 5.56 Å². The highest BCUT2D eigenvalue weighted by atomic mass is 16.5. The molecule has 0 amide bonds. The Morgan fingerprint density at radius 1 is 0.943 bits per heavy atom. The summed E-state index contributed by atoms with van der Waals surface area (Å²) >= 11 is 0. The number of hydrogen-bond acceptors (Lipinski definition) is 5. The molecule has 0 saturated heterocycles. The first kappa shape index (κ1) is 24.3. The molecule has 0 radical (unpaired) electrons. The zero-order valence-corrected chi connectivity index (χ0v) is 20.8. The molecule has 3 aromatic carbocycles. The molecule has 0 N–H and O–H groups in total. The lowest BCUT2D eigenvalue weighted by atomic mass is 9.86.